The van der Waals surface area contributed by atoms with Gasteiger partial charge in [0.2, 0.25) is 0 Å². The van der Waals surface area contributed by atoms with Gasteiger partial charge in [-0.2, -0.15) is 0 Å². The van der Waals surface area contributed by atoms with Crippen molar-refractivity contribution < 1.29 is 19.8 Å². The Morgan fingerprint density at radius 1 is 1.00 bits per heavy atom. The van der Waals surface area contributed by atoms with E-state index in [1.54, 1.807) is 48.5 Å². The van der Waals surface area contributed by atoms with E-state index < -0.39 is 11.9 Å². The Balaban J connectivity index is 2.23. The predicted molar refractivity (Wildman–Crippen MR) is 81.1 cm³/mol. The second kappa shape index (κ2) is 5.37. The topological polar surface area (TPSA) is 79.5 Å². The molecule has 110 valence electrons. The number of aromatic hydroxyl groups is 1. The van der Waals surface area contributed by atoms with Crippen molar-refractivity contribution in [1.29, 1.82) is 0 Å². The Morgan fingerprint density at radius 3 is 2.41 bits per heavy atom. The van der Waals surface area contributed by atoms with E-state index in [2.05, 4.69) is 0 Å². The summed E-state index contributed by atoms with van der Waals surface area (Å²) >= 11 is 0. The second-order valence-electron chi connectivity index (χ2n) is 4.93. The lowest BCUT2D eigenvalue weighted by molar-refractivity contribution is -0.136. The van der Waals surface area contributed by atoms with Crippen LogP contribution in [0.1, 0.15) is 15.9 Å². The largest absolute Gasteiger partial charge is 0.494 e. The van der Waals surface area contributed by atoms with Gasteiger partial charge in [0.05, 0.1) is 11.9 Å². The number of fused-ring (bicyclic) bond motifs is 1. The van der Waals surface area contributed by atoms with Gasteiger partial charge in [-0.05, 0) is 17.7 Å². The highest BCUT2D eigenvalue weighted by atomic mass is 16.4. The molecular formula is C17H13NO4. The lowest BCUT2D eigenvalue weighted by Gasteiger charge is -2.08. The Labute approximate surface area is 126 Å². The number of nitrogens with zero attached hydrogens (tertiary/aromatic N) is 1. The Kier molecular flexibility index (Phi) is 3.39. The molecule has 0 bridgehead atoms. The van der Waals surface area contributed by atoms with Gasteiger partial charge in [0.1, 0.15) is 0 Å². The summed E-state index contributed by atoms with van der Waals surface area (Å²) in [5.41, 5.74) is 1.33. The van der Waals surface area contributed by atoms with Crippen LogP contribution in [0.15, 0.2) is 54.6 Å². The highest BCUT2D eigenvalue weighted by Crippen LogP contribution is 2.28. The van der Waals surface area contributed by atoms with Gasteiger partial charge in [0, 0.05) is 17.0 Å². The van der Waals surface area contributed by atoms with Crippen LogP contribution >= 0.6 is 0 Å². The molecule has 0 saturated heterocycles. The number of hydrogen-bond acceptors (Lipinski definition) is 3. The van der Waals surface area contributed by atoms with Crippen LogP contribution in [0.25, 0.3) is 10.9 Å². The molecule has 0 radical (unpaired) electrons. The molecule has 0 amide bonds. The van der Waals surface area contributed by atoms with Gasteiger partial charge in [-0.1, -0.05) is 36.4 Å². The number of carboxylic acids is 1. The first kappa shape index (κ1) is 13.9. The minimum Gasteiger partial charge on any atom is -0.494 e. The van der Waals surface area contributed by atoms with E-state index in [0.29, 0.717) is 22.0 Å². The Hall–Kier alpha value is -3.08. The second-order valence-corrected chi connectivity index (χ2v) is 4.93. The summed E-state index contributed by atoms with van der Waals surface area (Å²) < 4.78 is 1.16. The van der Waals surface area contributed by atoms with Gasteiger partial charge in [-0.15, -0.1) is 0 Å². The minimum absolute atomic E-state index is 0.207. The van der Waals surface area contributed by atoms with Gasteiger partial charge >= 0.3 is 5.97 Å². The Morgan fingerprint density at radius 2 is 1.73 bits per heavy atom. The first-order valence-corrected chi connectivity index (χ1v) is 6.72. The third-order valence-electron chi connectivity index (χ3n) is 3.45. The summed E-state index contributed by atoms with van der Waals surface area (Å²) in [5, 5.41) is 19.8. The van der Waals surface area contributed by atoms with Crippen LogP contribution in [-0.2, 0) is 11.2 Å². The van der Waals surface area contributed by atoms with Crippen molar-refractivity contribution >= 4 is 22.8 Å². The molecule has 0 aliphatic heterocycles. The lowest BCUT2D eigenvalue weighted by Crippen LogP contribution is -2.13. The molecule has 0 saturated carbocycles. The maximum absolute atomic E-state index is 12.6. The molecule has 0 spiro atoms. The zero-order valence-corrected chi connectivity index (χ0v) is 11.6. The van der Waals surface area contributed by atoms with Crippen LogP contribution in [0.4, 0.5) is 0 Å². The number of carboxylic acid groups (broad SMARTS) is 1. The number of hydrogen-bond donors (Lipinski definition) is 2. The minimum atomic E-state index is -0.994. The van der Waals surface area contributed by atoms with Crippen LogP contribution in [0, 0.1) is 0 Å². The lowest BCUT2D eigenvalue weighted by atomic mass is 10.1. The molecule has 2 aromatic carbocycles. The molecule has 0 fully saturated rings. The summed E-state index contributed by atoms with van der Waals surface area (Å²) in [4.78, 5) is 23.6. The van der Waals surface area contributed by atoms with Crippen LogP contribution in [0.3, 0.4) is 0 Å². The highest BCUT2D eigenvalue weighted by Gasteiger charge is 2.19. The van der Waals surface area contributed by atoms with Crippen molar-refractivity contribution in [2.75, 3.05) is 0 Å². The number of aliphatic carboxylic acids is 1. The maximum atomic E-state index is 12.6. The van der Waals surface area contributed by atoms with Crippen molar-refractivity contribution in [2.45, 2.75) is 6.42 Å². The zero-order chi connectivity index (χ0) is 15.7. The smallest absolute Gasteiger partial charge is 0.307 e. The van der Waals surface area contributed by atoms with Gasteiger partial charge in [-0.25, -0.2) is 4.57 Å². The Bertz CT molecular complexity index is 865. The molecule has 0 aliphatic rings. The molecule has 3 aromatic rings. The molecular weight excluding hydrogens is 282 g/mol. The summed E-state index contributed by atoms with van der Waals surface area (Å²) in [5.74, 6) is -1.60. The molecule has 0 aliphatic carbocycles. The first-order valence-electron chi connectivity index (χ1n) is 6.72. The van der Waals surface area contributed by atoms with Crippen molar-refractivity contribution in [2.24, 2.45) is 0 Å². The number of para-hydroxylation sites is 1. The molecule has 0 atom stereocenters. The summed E-state index contributed by atoms with van der Waals surface area (Å²) in [6.45, 7) is 0. The van der Waals surface area contributed by atoms with Gasteiger partial charge in [0.15, 0.2) is 5.88 Å². The van der Waals surface area contributed by atoms with Crippen LogP contribution < -0.4 is 0 Å². The van der Waals surface area contributed by atoms with Crippen LogP contribution in [0.2, 0.25) is 0 Å². The maximum Gasteiger partial charge on any atom is 0.307 e. The van der Waals surface area contributed by atoms with E-state index in [4.69, 9.17) is 5.11 Å². The molecule has 3 rings (SSSR count). The third-order valence-corrected chi connectivity index (χ3v) is 3.45. The zero-order valence-electron chi connectivity index (χ0n) is 11.6. The fourth-order valence-corrected chi connectivity index (χ4v) is 2.54. The molecule has 5 nitrogen and oxygen atoms in total. The van der Waals surface area contributed by atoms with Crippen molar-refractivity contribution in [3.8, 4) is 5.88 Å². The molecule has 5 heteroatoms. The molecule has 1 heterocycles. The average molecular weight is 295 g/mol. The fourth-order valence-electron chi connectivity index (χ4n) is 2.54. The van der Waals surface area contributed by atoms with E-state index in [9.17, 15) is 14.7 Å². The van der Waals surface area contributed by atoms with Gasteiger partial charge in [-0.3, -0.25) is 9.59 Å². The number of rotatable bonds is 3. The molecule has 0 unspecified atom stereocenters. The van der Waals surface area contributed by atoms with E-state index in [-0.39, 0.29) is 12.3 Å². The van der Waals surface area contributed by atoms with Gasteiger partial charge in [0.25, 0.3) is 5.91 Å². The third kappa shape index (κ3) is 2.33. The number of aromatic nitrogens is 1. The SMILES string of the molecule is O=C(O)Cc1cccc2cc(O)n(C(=O)c3ccccc3)c12. The first-order chi connectivity index (χ1) is 10.6. The summed E-state index contributed by atoms with van der Waals surface area (Å²) in [7, 11) is 0. The predicted octanol–water partition coefficient (Wildman–Crippen LogP) is 2.66. The number of benzene rings is 2. The molecule has 22 heavy (non-hydrogen) atoms. The highest BCUT2D eigenvalue weighted by molar-refractivity contribution is 6.04. The van der Waals surface area contributed by atoms with Gasteiger partial charge < -0.3 is 10.2 Å². The monoisotopic (exact) mass is 295 g/mol. The van der Waals surface area contributed by atoms with Crippen molar-refractivity contribution in [1.82, 2.24) is 4.57 Å². The standard InChI is InChI=1S/C17H13NO4/c19-14-9-12-7-4-8-13(10-15(20)21)16(12)18(14)17(22)11-5-2-1-3-6-11/h1-9,19H,10H2,(H,20,21). The normalized spacial score (nSPS) is 10.7. The number of carbonyl (C=O) groups is 2. The summed E-state index contributed by atoms with van der Waals surface area (Å²) in [6.07, 6.45) is -0.219. The average Bonchev–Trinajstić information content (AvgIpc) is 2.84. The van der Waals surface area contributed by atoms with Crippen molar-refractivity contribution in [3.05, 3.63) is 65.7 Å². The summed E-state index contributed by atoms with van der Waals surface area (Å²) in [6, 6.07) is 15.1. The van der Waals surface area contributed by atoms with Crippen molar-refractivity contribution in [3.63, 3.8) is 0 Å². The van der Waals surface area contributed by atoms with E-state index >= 15 is 0 Å². The van der Waals surface area contributed by atoms with E-state index in [1.807, 2.05) is 0 Å². The van der Waals surface area contributed by atoms with E-state index in [0.717, 1.165) is 4.57 Å². The van der Waals surface area contributed by atoms with Crippen LogP contribution in [-0.4, -0.2) is 26.7 Å². The molecule has 1 aromatic heterocycles. The van der Waals surface area contributed by atoms with Crippen LogP contribution in [0.5, 0.6) is 5.88 Å². The quantitative estimate of drug-likeness (QED) is 0.778. The fraction of sp³-hybridized carbons (Fsp3) is 0.0588. The molecule has 2 N–H and O–H groups in total. The van der Waals surface area contributed by atoms with E-state index in [1.165, 1.54) is 6.07 Å². The number of carbonyl (C=O) groups excluding carboxylic acids is 1.